The monoisotopic (exact) mass is 334 g/mol. The predicted octanol–water partition coefficient (Wildman–Crippen LogP) is 3.46. The fraction of sp³-hybridized carbons (Fsp3) is 0.300. The van der Waals surface area contributed by atoms with Crippen molar-refractivity contribution in [3.63, 3.8) is 0 Å². The molecule has 2 aromatic rings. The molecule has 2 aromatic carbocycles. The number of rotatable bonds is 3. The summed E-state index contributed by atoms with van der Waals surface area (Å²) in [6.07, 6.45) is 0. The summed E-state index contributed by atoms with van der Waals surface area (Å²) in [6, 6.07) is 16.3. The first-order valence-corrected chi connectivity index (χ1v) is 8.17. The number of nitrogens with one attached hydrogen (secondary N) is 1. The van der Waals surface area contributed by atoms with E-state index < -0.39 is 5.92 Å². The second kappa shape index (κ2) is 6.48. The molecule has 1 aliphatic rings. The molecule has 128 valence electrons. The average Bonchev–Trinajstić information content (AvgIpc) is 2.59. The minimum Gasteiger partial charge on any atom is -0.442 e. The van der Waals surface area contributed by atoms with Gasteiger partial charge >= 0.3 is 0 Å². The lowest BCUT2D eigenvalue weighted by molar-refractivity contribution is 0.450. The van der Waals surface area contributed by atoms with Crippen molar-refractivity contribution in [1.29, 1.82) is 10.7 Å². The number of nitriles is 1. The number of hydrogen-bond acceptors (Lipinski definition) is 5. The molecule has 25 heavy (non-hydrogen) atoms. The quantitative estimate of drug-likeness (QED) is 0.934. The third-order valence-corrected chi connectivity index (χ3v) is 4.57. The van der Waals surface area contributed by atoms with Gasteiger partial charge in [-0.2, -0.15) is 5.26 Å². The smallest absolute Gasteiger partial charge is 0.205 e. The summed E-state index contributed by atoms with van der Waals surface area (Å²) >= 11 is 0. The molecular formula is C20H22N4O. The van der Waals surface area contributed by atoms with E-state index in [1.807, 2.05) is 74.4 Å². The number of ether oxygens (including phenoxy) is 1. The Morgan fingerprint density at radius 3 is 2.32 bits per heavy atom. The van der Waals surface area contributed by atoms with Crippen LogP contribution in [0.1, 0.15) is 17.0 Å². The number of hydrogen-bond donors (Lipinski definition) is 1. The molecule has 0 radical (unpaired) electrons. The van der Waals surface area contributed by atoms with Gasteiger partial charge in [0.15, 0.2) is 0 Å². The van der Waals surface area contributed by atoms with E-state index in [0.717, 1.165) is 22.5 Å². The molecule has 3 rings (SSSR count). The molecule has 2 atom stereocenters. The Bertz CT molecular complexity index is 851. The van der Waals surface area contributed by atoms with Crippen molar-refractivity contribution in [2.75, 3.05) is 38.0 Å². The highest BCUT2D eigenvalue weighted by molar-refractivity contribution is 5.85. The molecular weight excluding hydrogens is 312 g/mol. The number of fused-ring (bicyclic) bond motifs is 1. The van der Waals surface area contributed by atoms with Crippen molar-refractivity contribution in [1.82, 2.24) is 0 Å². The zero-order chi connectivity index (χ0) is 18.1. The molecule has 0 bridgehead atoms. The normalized spacial score (nSPS) is 18.8. The largest absolute Gasteiger partial charge is 0.442 e. The van der Waals surface area contributed by atoms with Gasteiger partial charge in [0.05, 0.1) is 6.07 Å². The maximum atomic E-state index is 9.65. The molecule has 0 spiro atoms. The fourth-order valence-electron chi connectivity index (χ4n) is 3.16. The molecule has 5 heteroatoms. The van der Waals surface area contributed by atoms with Crippen molar-refractivity contribution in [3.05, 3.63) is 53.6 Å². The summed E-state index contributed by atoms with van der Waals surface area (Å²) in [5.74, 6) is -0.179. The Labute approximate surface area is 148 Å². The third kappa shape index (κ3) is 3.03. The Balaban J connectivity index is 2.15. The van der Waals surface area contributed by atoms with Gasteiger partial charge in [0.1, 0.15) is 11.7 Å². The molecule has 0 saturated carbocycles. The van der Waals surface area contributed by atoms with Gasteiger partial charge in [-0.25, -0.2) is 0 Å². The van der Waals surface area contributed by atoms with Crippen LogP contribution in [0.15, 0.2) is 42.5 Å². The van der Waals surface area contributed by atoms with E-state index in [0.29, 0.717) is 5.75 Å². The van der Waals surface area contributed by atoms with Gasteiger partial charge in [-0.3, -0.25) is 5.41 Å². The van der Waals surface area contributed by atoms with Crippen molar-refractivity contribution < 1.29 is 4.74 Å². The van der Waals surface area contributed by atoms with Gasteiger partial charge in [-0.05, 0) is 23.8 Å². The summed E-state index contributed by atoms with van der Waals surface area (Å²) in [5.41, 5.74) is 4.04. The minimum absolute atomic E-state index is 0.00571. The van der Waals surface area contributed by atoms with Gasteiger partial charge in [0, 0.05) is 57.1 Å². The lowest BCUT2D eigenvalue weighted by Gasteiger charge is -2.31. The van der Waals surface area contributed by atoms with Gasteiger partial charge < -0.3 is 14.5 Å². The molecule has 0 saturated heterocycles. The SMILES string of the molecule is CN(C)c1cccc(C2c3ccc(N(C)C)cc3OC(=N)C2C#N)c1. The van der Waals surface area contributed by atoms with E-state index >= 15 is 0 Å². The Morgan fingerprint density at radius 1 is 1.00 bits per heavy atom. The Morgan fingerprint density at radius 2 is 1.68 bits per heavy atom. The number of benzene rings is 2. The molecule has 1 heterocycles. The fourth-order valence-corrected chi connectivity index (χ4v) is 3.16. The van der Waals surface area contributed by atoms with Crippen LogP contribution in [0.4, 0.5) is 11.4 Å². The summed E-state index contributed by atoms with van der Waals surface area (Å²) in [7, 11) is 7.91. The topological polar surface area (TPSA) is 63.4 Å². The van der Waals surface area contributed by atoms with E-state index in [1.165, 1.54) is 0 Å². The van der Waals surface area contributed by atoms with E-state index in [9.17, 15) is 5.26 Å². The maximum absolute atomic E-state index is 9.65. The lowest BCUT2D eigenvalue weighted by atomic mass is 9.79. The molecule has 0 aliphatic carbocycles. The van der Waals surface area contributed by atoms with Crippen molar-refractivity contribution in [2.45, 2.75) is 5.92 Å². The molecule has 0 aromatic heterocycles. The summed E-state index contributed by atoms with van der Waals surface area (Å²) < 4.78 is 5.68. The Kier molecular flexibility index (Phi) is 4.37. The van der Waals surface area contributed by atoms with E-state index in [1.54, 1.807) is 0 Å². The molecule has 5 nitrogen and oxygen atoms in total. The Hall–Kier alpha value is -3.00. The minimum atomic E-state index is -0.630. The van der Waals surface area contributed by atoms with Gasteiger partial charge in [-0.1, -0.05) is 18.2 Å². The van der Waals surface area contributed by atoms with E-state index in [4.69, 9.17) is 10.1 Å². The highest BCUT2D eigenvalue weighted by Gasteiger charge is 2.37. The van der Waals surface area contributed by atoms with Crippen LogP contribution in [0.5, 0.6) is 5.75 Å². The average molecular weight is 334 g/mol. The zero-order valence-electron chi connectivity index (χ0n) is 14.9. The van der Waals surface area contributed by atoms with Crippen molar-refractivity contribution in [3.8, 4) is 11.8 Å². The zero-order valence-corrected chi connectivity index (χ0v) is 14.9. The van der Waals surface area contributed by atoms with Crippen LogP contribution in [0.2, 0.25) is 0 Å². The molecule has 1 N–H and O–H groups in total. The van der Waals surface area contributed by atoms with Gasteiger partial charge in [0.2, 0.25) is 5.90 Å². The van der Waals surface area contributed by atoms with Crippen LogP contribution in [-0.2, 0) is 0 Å². The van der Waals surface area contributed by atoms with Gasteiger partial charge in [0.25, 0.3) is 0 Å². The molecule has 0 fully saturated rings. The first-order valence-electron chi connectivity index (χ1n) is 8.17. The van der Waals surface area contributed by atoms with Crippen molar-refractivity contribution in [2.24, 2.45) is 5.92 Å². The summed E-state index contributed by atoms with van der Waals surface area (Å²) in [4.78, 5) is 4.02. The third-order valence-electron chi connectivity index (χ3n) is 4.57. The standard InChI is InChI=1S/C20H22N4O/c1-23(2)14-7-5-6-13(10-14)19-16-9-8-15(24(3)4)11-18(16)25-20(22)17(19)12-21/h5-11,17,19,22H,1-4H3. The van der Waals surface area contributed by atoms with Crippen molar-refractivity contribution >= 4 is 17.3 Å². The van der Waals surface area contributed by atoms with Crippen LogP contribution in [0.3, 0.4) is 0 Å². The lowest BCUT2D eigenvalue weighted by Crippen LogP contribution is -2.31. The van der Waals surface area contributed by atoms with E-state index in [-0.39, 0.29) is 11.8 Å². The highest BCUT2D eigenvalue weighted by Crippen LogP contribution is 2.43. The molecule has 0 amide bonds. The molecule has 2 unspecified atom stereocenters. The number of nitrogens with zero attached hydrogens (tertiary/aromatic N) is 3. The predicted molar refractivity (Wildman–Crippen MR) is 101 cm³/mol. The van der Waals surface area contributed by atoms with Gasteiger partial charge in [-0.15, -0.1) is 0 Å². The van der Waals surface area contributed by atoms with Crippen LogP contribution in [0.25, 0.3) is 0 Å². The highest BCUT2D eigenvalue weighted by atomic mass is 16.5. The first-order chi connectivity index (χ1) is 11.9. The first kappa shape index (κ1) is 16.8. The van der Waals surface area contributed by atoms with Crippen LogP contribution >= 0.6 is 0 Å². The van der Waals surface area contributed by atoms with Crippen LogP contribution in [-0.4, -0.2) is 34.1 Å². The van der Waals surface area contributed by atoms with Crippen LogP contribution in [0, 0.1) is 22.7 Å². The van der Waals surface area contributed by atoms with Crippen LogP contribution < -0.4 is 14.5 Å². The summed E-state index contributed by atoms with van der Waals surface area (Å²) in [6.45, 7) is 0. The molecule has 1 aliphatic heterocycles. The number of anilines is 2. The van der Waals surface area contributed by atoms with E-state index in [2.05, 4.69) is 12.1 Å². The summed E-state index contributed by atoms with van der Waals surface area (Å²) in [5, 5.41) is 17.9. The second-order valence-electron chi connectivity index (χ2n) is 6.66. The second-order valence-corrected chi connectivity index (χ2v) is 6.66. The maximum Gasteiger partial charge on any atom is 0.205 e.